The fourth-order valence-corrected chi connectivity index (χ4v) is 1.80. The van der Waals surface area contributed by atoms with Gasteiger partial charge < -0.3 is 15.0 Å². The van der Waals surface area contributed by atoms with Gasteiger partial charge in [-0.15, -0.1) is 0 Å². The van der Waals surface area contributed by atoms with E-state index in [0.717, 1.165) is 17.0 Å². The molecular weight excluding hydrogens is 206 g/mol. The Hall–Kier alpha value is -1.78. The van der Waals surface area contributed by atoms with Crippen molar-refractivity contribution in [1.29, 1.82) is 5.41 Å². The van der Waals surface area contributed by atoms with Gasteiger partial charge in [0.15, 0.2) is 0 Å². The third-order valence-corrected chi connectivity index (χ3v) is 2.86. The number of methoxy groups -OCH3 is 1. The van der Waals surface area contributed by atoms with E-state index in [4.69, 9.17) is 15.9 Å². The Labute approximate surface area is 94.7 Å². The fourth-order valence-electron chi connectivity index (χ4n) is 1.80. The Balaban J connectivity index is 3.38. The van der Waals surface area contributed by atoms with Crippen molar-refractivity contribution in [3.63, 3.8) is 0 Å². The van der Waals surface area contributed by atoms with Crippen molar-refractivity contribution in [3.8, 4) is 0 Å². The summed E-state index contributed by atoms with van der Waals surface area (Å²) >= 11 is 0. The van der Waals surface area contributed by atoms with E-state index in [2.05, 4.69) is 0 Å². The molecule has 0 fully saturated rings. The number of nitrogens with two attached hydrogens (primary N) is 1. The van der Waals surface area contributed by atoms with Crippen LogP contribution in [-0.2, 0) is 18.2 Å². The summed E-state index contributed by atoms with van der Waals surface area (Å²) in [5, 5.41) is 7.32. The van der Waals surface area contributed by atoms with Gasteiger partial charge in [0.1, 0.15) is 0 Å². The third kappa shape index (κ3) is 1.93. The molecule has 0 unspecified atom stereocenters. The van der Waals surface area contributed by atoms with Crippen LogP contribution in [0.5, 0.6) is 0 Å². The quantitative estimate of drug-likeness (QED) is 0.454. The zero-order valence-electron chi connectivity index (χ0n) is 10.0. The first-order chi connectivity index (χ1) is 7.40. The summed E-state index contributed by atoms with van der Waals surface area (Å²) < 4.78 is 6.65. The first kappa shape index (κ1) is 12.3. The molecule has 3 N–H and O–H groups in total. The van der Waals surface area contributed by atoms with Crippen molar-refractivity contribution in [3.05, 3.63) is 22.5 Å². The second-order valence-corrected chi connectivity index (χ2v) is 3.78. The average Bonchev–Trinajstić information content (AvgIpc) is 2.42. The van der Waals surface area contributed by atoms with E-state index < -0.39 is 0 Å². The monoisotopic (exact) mass is 223 g/mol. The predicted molar refractivity (Wildman–Crippen MR) is 61.8 cm³/mol. The van der Waals surface area contributed by atoms with Crippen molar-refractivity contribution >= 4 is 11.8 Å². The van der Waals surface area contributed by atoms with Crippen LogP contribution in [0.15, 0.2) is 0 Å². The predicted octanol–water partition coefficient (Wildman–Crippen LogP) is 0.907. The van der Waals surface area contributed by atoms with Gasteiger partial charge in [0.2, 0.25) is 0 Å². The molecule has 5 heteroatoms. The maximum absolute atomic E-state index is 11.7. The lowest BCUT2D eigenvalue weighted by atomic mass is 10.1. The van der Waals surface area contributed by atoms with Crippen LogP contribution in [0.25, 0.3) is 0 Å². The minimum absolute atomic E-state index is 0.0406. The van der Waals surface area contributed by atoms with Crippen molar-refractivity contribution in [1.82, 2.24) is 4.57 Å². The highest BCUT2D eigenvalue weighted by atomic mass is 16.5. The number of rotatable bonds is 3. The number of hydrogen-bond acceptors (Lipinski definition) is 3. The highest BCUT2D eigenvalue weighted by molar-refractivity contribution is 5.95. The lowest BCUT2D eigenvalue weighted by molar-refractivity contribution is 0.0599. The van der Waals surface area contributed by atoms with Gasteiger partial charge in [0, 0.05) is 24.9 Å². The molecule has 0 saturated heterocycles. The summed E-state index contributed by atoms with van der Waals surface area (Å²) in [4.78, 5) is 11.7. The number of amidine groups is 1. The first-order valence-corrected chi connectivity index (χ1v) is 4.96. The summed E-state index contributed by atoms with van der Waals surface area (Å²) in [5.74, 6) is -0.337. The van der Waals surface area contributed by atoms with Gasteiger partial charge in [-0.3, -0.25) is 5.41 Å². The van der Waals surface area contributed by atoms with Crippen LogP contribution in [0.3, 0.4) is 0 Å². The lowest BCUT2D eigenvalue weighted by Gasteiger charge is -2.03. The van der Waals surface area contributed by atoms with E-state index >= 15 is 0 Å². The molecule has 0 bridgehead atoms. The van der Waals surface area contributed by atoms with Gasteiger partial charge in [0.25, 0.3) is 0 Å². The van der Waals surface area contributed by atoms with Gasteiger partial charge in [-0.1, -0.05) is 0 Å². The molecule has 1 aromatic rings. The van der Waals surface area contributed by atoms with E-state index in [0.29, 0.717) is 5.56 Å². The van der Waals surface area contributed by atoms with Crippen molar-refractivity contribution in [2.45, 2.75) is 20.3 Å². The maximum Gasteiger partial charge on any atom is 0.339 e. The van der Waals surface area contributed by atoms with E-state index in [1.807, 2.05) is 25.5 Å². The minimum atomic E-state index is -0.377. The molecule has 5 nitrogen and oxygen atoms in total. The number of hydrogen-bond donors (Lipinski definition) is 2. The summed E-state index contributed by atoms with van der Waals surface area (Å²) in [7, 11) is 3.22. The molecule has 0 aromatic carbocycles. The smallest absolute Gasteiger partial charge is 0.339 e. The largest absolute Gasteiger partial charge is 0.465 e. The van der Waals surface area contributed by atoms with Gasteiger partial charge in [-0.25, -0.2) is 4.79 Å². The molecule has 0 radical (unpaired) electrons. The van der Waals surface area contributed by atoms with Crippen molar-refractivity contribution < 1.29 is 9.53 Å². The second kappa shape index (κ2) is 4.38. The Bertz CT molecular complexity index is 447. The Morgan fingerprint density at radius 1 is 1.44 bits per heavy atom. The highest BCUT2D eigenvalue weighted by Crippen LogP contribution is 2.22. The van der Waals surface area contributed by atoms with Gasteiger partial charge in [0.05, 0.1) is 18.5 Å². The van der Waals surface area contributed by atoms with Crippen LogP contribution in [-0.4, -0.2) is 23.5 Å². The molecule has 0 atom stereocenters. The second-order valence-electron chi connectivity index (χ2n) is 3.78. The molecule has 0 amide bonds. The Kier molecular flexibility index (Phi) is 3.37. The molecule has 88 valence electrons. The molecule has 1 aromatic heterocycles. The molecule has 16 heavy (non-hydrogen) atoms. The number of carbonyl (C=O) groups excluding carboxylic acids is 1. The number of nitrogens with one attached hydrogen (secondary N) is 1. The Morgan fingerprint density at radius 2 is 2.00 bits per heavy atom. The van der Waals surface area contributed by atoms with Crippen LogP contribution in [0.1, 0.15) is 27.3 Å². The van der Waals surface area contributed by atoms with E-state index in [9.17, 15) is 4.79 Å². The SMILES string of the molecule is COC(=O)c1c(CC(=N)N)c(C)n(C)c1C. The minimum Gasteiger partial charge on any atom is -0.465 e. The zero-order valence-corrected chi connectivity index (χ0v) is 10.0. The van der Waals surface area contributed by atoms with Crippen LogP contribution in [0.4, 0.5) is 0 Å². The van der Waals surface area contributed by atoms with Gasteiger partial charge in [-0.2, -0.15) is 0 Å². The van der Waals surface area contributed by atoms with Crippen molar-refractivity contribution in [2.24, 2.45) is 12.8 Å². The lowest BCUT2D eigenvalue weighted by Crippen LogP contribution is -2.16. The first-order valence-electron chi connectivity index (χ1n) is 4.96. The van der Waals surface area contributed by atoms with Crippen LogP contribution in [0.2, 0.25) is 0 Å². The maximum atomic E-state index is 11.7. The van der Waals surface area contributed by atoms with Crippen LogP contribution >= 0.6 is 0 Å². The molecule has 0 saturated carbocycles. The molecule has 1 heterocycles. The summed E-state index contributed by atoms with van der Waals surface area (Å²) in [5.41, 5.74) is 8.46. The molecule has 0 spiro atoms. The number of esters is 1. The topological polar surface area (TPSA) is 81.1 Å². The van der Waals surface area contributed by atoms with Crippen LogP contribution < -0.4 is 5.73 Å². The fraction of sp³-hybridized carbons (Fsp3) is 0.455. The third-order valence-electron chi connectivity index (χ3n) is 2.86. The highest BCUT2D eigenvalue weighted by Gasteiger charge is 2.22. The number of ether oxygens (including phenoxy) is 1. The molecular formula is C11H17N3O2. The van der Waals surface area contributed by atoms with Crippen molar-refractivity contribution in [2.75, 3.05) is 7.11 Å². The summed E-state index contributed by atoms with van der Waals surface area (Å²) in [6.07, 6.45) is 0.276. The molecule has 0 aliphatic heterocycles. The normalized spacial score (nSPS) is 10.2. The summed E-state index contributed by atoms with van der Waals surface area (Å²) in [6, 6.07) is 0. The van der Waals surface area contributed by atoms with E-state index in [1.54, 1.807) is 0 Å². The molecule has 0 aliphatic carbocycles. The average molecular weight is 223 g/mol. The number of aromatic nitrogens is 1. The van der Waals surface area contributed by atoms with E-state index in [-0.39, 0.29) is 18.2 Å². The van der Waals surface area contributed by atoms with E-state index in [1.165, 1.54) is 7.11 Å². The zero-order chi connectivity index (χ0) is 12.5. The number of carbonyl (C=O) groups is 1. The number of nitrogens with zero attached hydrogens (tertiary/aromatic N) is 1. The van der Waals surface area contributed by atoms with Crippen LogP contribution in [0, 0.1) is 19.3 Å². The van der Waals surface area contributed by atoms with Gasteiger partial charge >= 0.3 is 5.97 Å². The standard InChI is InChI=1S/C11H17N3O2/c1-6-8(5-9(12)13)10(11(15)16-4)7(2)14(6)3/h5H2,1-4H3,(H3,12,13). The van der Waals surface area contributed by atoms with Gasteiger partial charge in [-0.05, 0) is 19.4 Å². The molecule has 0 aliphatic rings. The summed E-state index contributed by atoms with van der Waals surface area (Å²) in [6.45, 7) is 3.75. The molecule has 1 rings (SSSR count). The Morgan fingerprint density at radius 3 is 2.44 bits per heavy atom.